The number of aldehydes is 1. The van der Waals surface area contributed by atoms with Gasteiger partial charge in [-0.2, -0.15) is 0 Å². The predicted octanol–water partition coefficient (Wildman–Crippen LogP) is 1.64. The minimum Gasteiger partial charge on any atom is -0.350 e. The van der Waals surface area contributed by atoms with Crippen LogP contribution in [0.2, 0.25) is 0 Å². The third-order valence-electron chi connectivity index (χ3n) is 1.58. The standard InChI is InChI=1S/C11H13NO2/c1-8(2)12-11(14)10-5-3-9(7-13)4-6-10/h3-8H,1-2H3,(H,12,14)/i1D3,2D3. The zero-order valence-electron chi connectivity index (χ0n) is 13.3. The van der Waals surface area contributed by atoms with Gasteiger partial charge in [0, 0.05) is 25.4 Å². The van der Waals surface area contributed by atoms with Crippen LogP contribution >= 0.6 is 0 Å². The lowest BCUT2D eigenvalue weighted by Crippen LogP contribution is -2.29. The third-order valence-corrected chi connectivity index (χ3v) is 1.58. The summed E-state index contributed by atoms with van der Waals surface area (Å²) in [5.41, 5.74) is 0.429. The van der Waals surface area contributed by atoms with Gasteiger partial charge in [-0.05, 0) is 25.8 Å². The van der Waals surface area contributed by atoms with Crippen molar-refractivity contribution in [1.82, 2.24) is 5.32 Å². The zero-order valence-corrected chi connectivity index (χ0v) is 7.28. The van der Waals surface area contributed by atoms with Crippen LogP contribution in [0.15, 0.2) is 24.3 Å². The van der Waals surface area contributed by atoms with E-state index in [9.17, 15) is 9.59 Å². The fraction of sp³-hybridized carbons (Fsp3) is 0.273. The molecule has 0 saturated carbocycles. The Morgan fingerprint density at radius 3 is 2.57 bits per heavy atom. The van der Waals surface area contributed by atoms with Crippen molar-refractivity contribution >= 4 is 12.2 Å². The van der Waals surface area contributed by atoms with Crippen LogP contribution in [0, 0.1) is 0 Å². The molecule has 0 atom stereocenters. The number of carbonyl (C=O) groups excluding carboxylic acids is 2. The van der Waals surface area contributed by atoms with Gasteiger partial charge in [0.05, 0.1) is 0 Å². The molecule has 14 heavy (non-hydrogen) atoms. The number of amides is 1. The van der Waals surface area contributed by atoms with Crippen molar-refractivity contribution in [2.24, 2.45) is 0 Å². The van der Waals surface area contributed by atoms with Gasteiger partial charge in [0.1, 0.15) is 6.29 Å². The molecule has 3 heteroatoms. The molecule has 1 aromatic carbocycles. The lowest BCUT2D eigenvalue weighted by atomic mass is 10.1. The van der Waals surface area contributed by atoms with E-state index in [2.05, 4.69) is 0 Å². The quantitative estimate of drug-likeness (QED) is 0.749. The highest BCUT2D eigenvalue weighted by molar-refractivity contribution is 5.94. The van der Waals surface area contributed by atoms with Crippen molar-refractivity contribution < 1.29 is 17.8 Å². The van der Waals surface area contributed by atoms with E-state index in [4.69, 9.17) is 8.22 Å². The number of carbonyl (C=O) groups is 2. The maximum Gasteiger partial charge on any atom is 0.251 e. The Kier molecular flexibility index (Phi) is 1.54. The van der Waals surface area contributed by atoms with Gasteiger partial charge >= 0.3 is 0 Å². The van der Waals surface area contributed by atoms with E-state index >= 15 is 0 Å². The Hall–Kier alpha value is -1.64. The molecule has 0 aliphatic rings. The molecule has 3 nitrogen and oxygen atoms in total. The summed E-state index contributed by atoms with van der Waals surface area (Å²) in [6.45, 7) is -5.69. The molecule has 0 saturated heterocycles. The molecule has 1 amide bonds. The van der Waals surface area contributed by atoms with Gasteiger partial charge in [-0.1, -0.05) is 12.1 Å². The first kappa shape index (κ1) is 4.73. The van der Waals surface area contributed by atoms with E-state index in [0.29, 0.717) is 11.8 Å². The summed E-state index contributed by atoms with van der Waals surface area (Å²) in [4.78, 5) is 22.3. The van der Waals surface area contributed by atoms with Crippen LogP contribution in [-0.2, 0) is 0 Å². The molecule has 0 aliphatic carbocycles. The smallest absolute Gasteiger partial charge is 0.251 e. The van der Waals surface area contributed by atoms with Crippen LogP contribution in [0.4, 0.5) is 0 Å². The summed E-state index contributed by atoms with van der Waals surface area (Å²) in [7, 11) is 0. The van der Waals surface area contributed by atoms with E-state index < -0.39 is 25.7 Å². The molecule has 0 heterocycles. The Morgan fingerprint density at radius 2 is 2.07 bits per heavy atom. The molecule has 1 N–H and O–H groups in total. The molecule has 0 aliphatic heterocycles. The maximum atomic E-state index is 11.8. The van der Waals surface area contributed by atoms with Gasteiger partial charge in [-0.15, -0.1) is 0 Å². The second-order valence-electron chi connectivity index (χ2n) is 2.65. The first-order valence-electron chi connectivity index (χ1n) is 6.92. The molecule has 74 valence electrons. The molecule has 0 spiro atoms. The first-order valence-corrected chi connectivity index (χ1v) is 3.92. The van der Waals surface area contributed by atoms with Crippen molar-refractivity contribution in [3.63, 3.8) is 0 Å². The molecule has 1 aromatic rings. The van der Waals surface area contributed by atoms with Crippen molar-refractivity contribution in [2.45, 2.75) is 19.7 Å². The highest BCUT2D eigenvalue weighted by atomic mass is 16.1. The summed E-state index contributed by atoms with van der Waals surface area (Å²) in [6.07, 6.45) is 0.593. The normalized spacial score (nSPS) is 18.1. The average Bonchev–Trinajstić information content (AvgIpc) is 2.33. The summed E-state index contributed by atoms with van der Waals surface area (Å²) in [5.74, 6) is -0.820. The second-order valence-corrected chi connectivity index (χ2v) is 2.65. The number of benzene rings is 1. The highest BCUT2D eigenvalue weighted by Gasteiger charge is 2.05. The van der Waals surface area contributed by atoms with Crippen molar-refractivity contribution in [3.05, 3.63) is 35.4 Å². The molecule has 0 radical (unpaired) electrons. The Labute approximate surface area is 91.6 Å². The van der Waals surface area contributed by atoms with Crippen LogP contribution in [0.1, 0.15) is 42.6 Å². The average molecular weight is 197 g/mol. The van der Waals surface area contributed by atoms with Gasteiger partial charge in [0.25, 0.3) is 5.91 Å². The van der Waals surface area contributed by atoms with Crippen molar-refractivity contribution in [1.29, 1.82) is 0 Å². The van der Waals surface area contributed by atoms with Crippen LogP contribution in [0.25, 0.3) is 0 Å². The molecular weight excluding hydrogens is 178 g/mol. The Morgan fingerprint density at radius 1 is 1.43 bits per heavy atom. The first-order chi connectivity index (χ1) is 9.05. The maximum absolute atomic E-state index is 11.8. The fourth-order valence-electron chi connectivity index (χ4n) is 0.927. The highest BCUT2D eigenvalue weighted by Crippen LogP contribution is 2.02. The molecule has 0 fully saturated rings. The van der Waals surface area contributed by atoms with Crippen LogP contribution in [-0.4, -0.2) is 18.2 Å². The summed E-state index contributed by atoms with van der Waals surface area (Å²) < 4.78 is 43.1. The van der Waals surface area contributed by atoms with Gasteiger partial charge in [0.2, 0.25) is 0 Å². The number of hydrogen-bond donors (Lipinski definition) is 1. The van der Waals surface area contributed by atoms with Crippen LogP contribution in [0.5, 0.6) is 0 Å². The third kappa shape index (κ3) is 2.69. The van der Waals surface area contributed by atoms with Crippen molar-refractivity contribution in [2.75, 3.05) is 0 Å². The van der Waals surface area contributed by atoms with Crippen LogP contribution < -0.4 is 5.32 Å². The SMILES string of the molecule is [2H]C([2H])([2H])C(NC(=O)c1ccc(C=O)cc1)C([2H])([2H])[2H]. The molecule has 1 rings (SSSR count). The molecular formula is C11H13NO2. The molecule has 0 bridgehead atoms. The summed E-state index contributed by atoms with van der Waals surface area (Å²) in [6, 6.07) is 3.43. The molecule has 0 unspecified atom stereocenters. The van der Waals surface area contributed by atoms with Gasteiger partial charge < -0.3 is 5.32 Å². The van der Waals surface area contributed by atoms with Gasteiger partial charge in [0.15, 0.2) is 0 Å². The number of hydrogen-bond acceptors (Lipinski definition) is 2. The van der Waals surface area contributed by atoms with E-state index in [-0.39, 0.29) is 5.56 Å². The lowest BCUT2D eigenvalue weighted by molar-refractivity contribution is 0.0942. The van der Waals surface area contributed by atoms with Gasteiger partial charge in [-0.25, -0.2) is 0 Å². The summed E-state index contributed by atoms with van der Waals surface area (Å²) >= 11 is 0. The largest absolute Gasteiger partial charge is 0.350 e. The van der Waals surface area contributed by atoms with E-state index in [1.54, 1.807) is 0 Å². The monoisotopic (exact) mass is 197 g/mol. The molecule has 0 aromatic heterocycles. The van der Waals surface area contributed by atoms with Gasteiger partial charge in [-0.3, -0.25) is 9.59 Å². The van der Waals surface area contributed by atoms with Crippen LogP contribution in [0.3, 0.4) is 0 Å². The fourth-order valence-corrected chi connectivity index (χ4v) is 0.927. The Bertz CT molecular complexity index is 477. The number of rotatable bonds is 3. The Balaban J connectivity index is 2.93. The minimum absolute atomic E-state index is 0.0779. The van der Waals surface area contributed by atoms with E-state index in [1.807, 2.05) is 5.32 Å². The predicted molar refractivity (Wildman–Crippen MR) is 54.4 cm³/mol. The number of nitrogens with one attached hydrogen (secondary N) is 1. The summed E-state index contributed by atoms with van der Waals surface area (Å²) in [5, 5.41) is 2.00. The second kappa shape index (κ2) is 4.56. The van der Waals surface area contributed by atoms with E-state index in [1.165, 1.54) is 24.3 Å². The minimum atomic E-state index is -2.84. The lowest BCUT2D eigenvalue weighted by Gasteiger charge is -2.07. The zero-order chi connectivity index (χ0) is 15.6. The topological polar surface area (TPSA) is 46.2 Å². The van der Waals surface area contributed by atoms with E-state index in [0.717, 1.165) is 0 Å². The van der Waals surface area contributed by atoms with Crippen molar-refractivity contribution in [3.8, 4) is 0 Å².